The van der Waals surface area contributed by atoms with E-state index in [4.69, 9.17) is 39.9 Å². The Balaban J connectivity index is -0.0000000872. The number of likely N-dealkylation sites (N-methyl/N-ethyl adjacent to an activating group) is 1. The Morgan fingerprint density at radius 3 is 1.32 bits per heavy atom. The van der Waals surface area contributed by atoms with Gasteiger partial charge in [0.15, 0.2) is 0 Å². The maximum atomic E-state index is 10.8. The standard InChI is InChI=1S/C8H15NO2.CH4BFO2.3BFH2O2/c1-7(2)8(10)11-6-5-9(3)4;1-5-2(3)4;3*2-1(3)4/h1,5-6H2,2-4H3;4H,1H3;3*3-4H. The topological polar surface area (TPSA) is 180 Å². The highest BCUT2D eigenvalue weighted by molar-refractivity contribution is 6.33. The molecule has 0 aromatic carbocycles. The minimum atomic E-state index is -2.67. The third-order valence-electron chi connectivity index (χ3n) is 1.31. The summed E-state index contributed by atoms with van der Waals surface area (Å²) in [5, 5.41) is 49.1. The summed E-state index contributed by atoms with van der Waals surface area (Å²) in [4.78, 5) is 12.7. The first-order valence-electron chi connectivity index (χ1n) is 6.84. The SMILES string of the molecule is C=C(C)C(=O)OCCN(C)C.COB(O)F.OB(O)F.OB(O)F.OB(O)F. The molecular formula is C9H25B4F4NO10. The van der Waals surface area contributed by atoms with Crippen molar-refractivity contribution in [1.29, 1.82) is 0 Å². The Labute approximate surface area is 161 Å². The van der Waals surface area contributed by atoms with Gasteiger partial charge in [-0.2, -0.15) is 0 Å². The smallest absolute Gasteiger partial charge is 0.461 e. The molecule has 0 heterocycles. The molecule has 0 aliphatic carbocycles. The molecule has 0 aliphatic heterocycles. The van der Waals surface area contributed by atoms with Crippen molar-refractivity contribution in [3.05, 3.63) is 12.2 Å². The van der Waals surface area contributed by atoms with Crippen LogP contribution in [-0.4, -0.2) is 110 Å². The molecule has 166 valence electrons. The van der Waals surface area contributed by atoms with Gasteiger partial charge in [0.05, 0.1) is 0 Å². The lowest BCUT2D eigenvalue weighted by Crippen LogP contribution is -2.20. The molecule has 19 heteroatoms. The average molecular weight is 427 g/mol. The molecule has 0 bridgehead atoms. The zero-order chi connectivity index (χ0) is 23.9. The van der Waals surface area contributed by atoms with E-state index in [0.717, 1.165) is 13.7 Å². The summed E-state index contributed by atoms with van der Waals surface area (Å²) in [6.07, 6.45) is 0. The minimum Gasteiger partial charge on any atom is -0.461 e. The fraction of sp³-hybridized carbons (Fsp3) is 0.667. The van der Waals surface area contributed by atoms with Crippen LogP contribution in [0.2, 0.25) is 0 Å². The fourth-order valence-electron chi connectivity index (χ4n) is 0.444. The number of nitrogens with zero attached hydrogens (tertiary/aromatic N) is 1. The van der Waals surface area contributed by atoms with E-state index in [-0.39, 0.29) is 5.97 Å². The van der Waals surface area contributed by atoms with E-state index in [0.29, 0.717) is 12.2 Å². The second kappa shape index (κ2) is 28.0. The molecule has 0 spiro atoms. The second-order valence-electron chi connectivity index (χ2n) is 4.18. The molecule has 0 saturated heterocycles. The summed E-state index contributed by atoms with van der Waals surface area (Å²) >= 11 is 0. The van der Waals surface area contributed by atoms with Crippen molar-refractivity contribution in [3.8, 4) is 0 Å². The summed E-state index contributed by atoms with van der Waals surface area (Å²) in [5.74, 6) is -0.313. The van der Waals surface area contributed by atoms with Crippen LogP contribution in [0.3, 0.4) is 0 Å². The Morgan fingerprint density at radius 1 is 0.929 bits per heavy atom. The maximum absolute atomic E-state index is 10.8. The molecule has 7 N–H and O–H groups in total. The number of hydrogen-bond donors (Lipinski definition) is 7. The lowest BCUT2D eigenvalue weighted by Gasteiger charge is -2.09. The molecule has 0 rings (SSSR count). The fourth-order valence-corrected chi connectivity index (χ4v) is 0.444. The summed E-state index contributed by atoms with van der Waals surface area (Å²) in [5.41, 5.74) is 0.448. The van der Waals surface area contributed by atoms with Crippen LogP contribution in [0.1, 0.15) is 6.92 Å². The predicted octanol–water partition coefficient (Wildman–Crippen LogP) is -2.98. The van der Waals surface area contributed by atoms with Gasteiger partial charge in [-0.15, -0.1) is 0 Å². The van der Waals surface area contributed by atoms with Gasteiger partial charge in [-0.05, 0) is 21.0 Å². The van der Waals surface area contributed by atoms with Gasteiger partial charge < -0.3 is 49.5 Å². The van der Waals surface area contributed by atoms with Gasteiger partial charge in [-0.3, -0.25) is 17.3 Å². The lowest BCUT2D eigenvalue weighted by atomic mass is 10.3. The molecule has 0 aromatic heterocycles. The summed E-state index contributed by atoms with van der Waals surface area (Å²) in [6, 6.07) is 0. The first-order chi connectivity index (χ1) is 12.5. The molecule has 0 radical (unpaired) electrons. The Morgan fingerprint density at radius 2 is 1.18 bits per heavy atom. The van der Waals surface area contributed by atoms with Crippen LogP contribution in [-0.2, 0) is 14.2 Å². The van der Waals surface area contributed by atoms with E-state index in [1.165, 1.54) is 0 Å². The monoisotopic (exact) mass is 427 g/mol. The first kappa shape index (κ1) is 37.6. The van der Waals surface area contributed by atoms with Crippen molar-refractivity contribution in [2.75, 3.05) is 34.4 Å². The zero-order valence-electron chi connectivity index (χ0n) is 15.7. The van der Waals surface area contributed by atoms with Crippen molar-refractivity contribution < 1.29 is 66.6 Å². The van der Waals surface area contributed by atoms with Crippen LogP contribution in [0, 0.1) is 0 Å². The van der Waals surface area contributed by atoms with Gasteiger partial charge in [0, 0.05) is 19.2 Å². The van der Waals surface area contributed by atoms with Gasteiger partial charge in [-0.25, -0.2) is 4.79 Å². The van der Waals surface area contributed by atoms with E-state index in [9.17, 15) is 22.1 Å². The normalized spacial score (nSPS) is 8.14. The van der Waals surface area contributed by atoms with E-state index >= 15 is 0 Å². The highest BCUT2D eigenvalue weighted by Crippen LogP contribution is 1.91. The van der Waals surface area contributed by atoms with Gasteiger partial charge in [-0.1, -0.05) is 6.58 Å². The van der Waals surface area contributed by atoms with Crippen LogP contribution in [0.25, 0.3) is 0 Å². The van der Waals surface area contributed by atoms with Crippen molar-refractivity contribution in [3.63, 3.8) is 0 Å². The van der Waals surface area contributed by atoms with Crippen LogP contribution in [0.4, 0.5) is 17.3 Å². The molecular weight excluding hydrogens is 401 g/mol. The molecule has 0 unspecified atom stereocenters. The molecule has 28 heavy (non-hydrogen) atoms. The third-order valence-corrected chi connectivity index (χ3v) is 1.31. The summed E-state index contributed by atoms with van der Waals surface area (Å²) < 4.78 is 49.6. The van der Waals surface area contributed by atoms with E-state index in [1.807, 2.05) is 19.0 Å². The number of esters is 1. The molecule has 0 aromatic rings. The third kappa shape index (κ3) is 120. The van der Waals surface area contributed by atoms with E-state index < -0.39 is 29.6 Å². The average Bonchev–Trinajstić information content (AvgIpc) is 2.45. The number of ether oxygens (including phenoxy) is 1. The molecule has 0 amide bonds. The van der Waals surface area contributed by atoms with Crippen molar-refractivity contribution >= 4 is 35.6 Å². The number of carbonyl (C=O) groups excluding carboxylic acids is 1. The molecule has 0 atom stereocenters. The maximum Gasteiger partial charge on any atom is 0.677 e. The Kier molecular flexibility index (Phi) is 37.6. The number of rotatable bonds is 5. The lowest BCUT2D eigenvalue weighted by molar-refractivity contribution is -0.139. The minimum absolute atomic E-state index is 0.313. The highest BCUT2D eigenvalue weighted by atomic mass is 19.1. The Hall–Kier alpha value is -1.17. The van der Waals surface area contributed by atoms with Crippen LogP contribution >= 0.6 is 0 Å². The van der Waals surface area contributed by atoms with Crippen molar-refractivity contribution in [2.24, 2.45) is 0 Å². The van der Waals surface area contributed by atoms with Gasteiger partial charge in [0.25, 0.3) is 0 Å². The summed E-state index contributed by atoms with van der Waals surface area (Å²) in [6.45, 7) is 6.28. The van der Waals surface area contributed by atoms with Crippen molar-refractivity contribution in [2.45, 2.75) is 6.92 Å². The predicted molar refractivity (Wildman–Crippen MR) is 94.3 cm³/mol. The number of hydrogen-bond acceptors (Lipinski definition) is 11. The first-order valence-corrected chi connectivity index (χ1v) is 6.84. The molecule has 0 aliphatic rings. The van der Waals surface area contributed by atoms with Crippen LogP contribution in [0.15, 0.2) is 12.2 Å². The number of halogens is 4. The Bertz CT molecular complexity index is 323. The van der Waals surface area contributed by atoms with Crippen molar-refractivity contribution in [1.82, 2.24) is 4.90 Å². The summed E-state index contributed by atoms with van der Waals surface area (Å²) in [7, 11) is -5.19. The molecule has 0 saturated carbocycles. The highest BCUT2D eigenvalue weighted by Gasteiger charge is 2.04. The van der Waals surface area contributed by atoms with E-state index in [2.05, 4.69) is 11.2 Å². The number of carbonyl (C=O) groups is 1. The van der Waals surface area contributed by atoms with Gasteiger partial charge in [0.1, 0.15) is 6.61 Å². The van der Waals surface area contributed by atoms with E-state index in [1.54, 1.807) is 6.92 Å². The van der Waals surface area contributed by atoms with Crippen LogP contribution < -0.4 is 0 Å². The second-order valence-corrected chi connectivity index (χ2v) is 4.18. The molecule has 11 nitrogen and oxygen atoms in total. The van der Waals surface area contributed by atoms with Gasteiger partial charge >= 0.3 is 35.6 Å². The van der Waals surface area contributed by atoms with Crippen LogP contribution in [0.5, 0.6) is 0 Å². The molecule has 0 fully saturated rings. The largest absolute Gasteiger partial charge is 0.677 e. The van der Waals surface area contributed by atoms with Gasteiger partial charge in [0.2, 0.25) is 0 Å². The zero-order valence-corrected chi connectivity index (χ0v) is 15.7. The quantitative estimate of drug-likeness (QED) is 0.103.